The topological polar surface area (TPSA) is 18.5 Å². The van der Waals surface area contributed by atoms with Gasteiger partial charge in [0.25, 0.3) is 0 Å². The van der Waals surface area contributed by atoms with Crippen molar-refractivity contribution >= 4 is 0 Å². The Morgan fingerprint density at radius 1 is 1.00 bits per heavy atom. The Morgan fingerprint density at radius 2 is 1.60 bits per heavy atom. The second-order valence-electron chi connectivity index (χ2n) is 4.19. The molecule has 84 valence electrons. The van der Waals surface area contributed by atoms with Crippen LogP contribution in [0.15, 0.2) is 18.2 Å². The van der Waals surface area contributed by atoms with E-state index in [0.717, 1.165) is 17.1 Å². The molecule has 1 aromatic rings. The van der Waals surface area contributed by atoms with Gasteiger partial charge in [-0.05, 0) is 31.9 Å². The van der Waals surface area contributed by atoms with Crippen molar-refractivity contribution in [2.75, 3.05) is 7.11 Å². The smallest absolute Gasteiger partial charge is 0.126 e. The summed E-state index contributed by atoms with van der Waals surface area (Å²) < 4.78 is 11.1. The summed E-state index contributed by atoms with van der Waals surface area (Å²) in [5, 5.41) is 0. The fourth-order valence-corrected chi connectivity index (χ4v) is 1.63. The highest BCUT2D eigenvalue weighted by Crippen LogP contribution is 2.35. The summed E-state index contributed by atoms with van der Waals surface area (Å²) in [4.78, 5) is 0. The number of hydrogen-bond donors (Lipinski definition) is 0. The molecule has 0 aliphatic rings. The van der Waals surface area contributed by atoms with Crippen molar-refractivity contribution in [3.8, 4) is 11.5 Å². The molecule has 0 bridgehead atoms. The molecule has 0 aromatic heterocycles. The van der Waals surface area contributed by atoms with Crippen molar-refractivity contribution in [1.29, 1.82) is 0 Å². The standard InChI is InChI=1S/C13H20O2/c1-9(2)13-11(14-5)7-6-8-12(13)15-10(3)4/h6-10H,1-5H3. The minimum Gasteiger partial charge on any atom is -0.496 e. The predicted octanol–water partition coefficient (Wildman–Crippen LogP) is 3.61. The molecular weight excluding hydrogens is 188 g/mol. The number of ether oxygens (including phenoxy) is 2. The maximum absolute atomic E-state index is 5.77. The Kier molecular flexibility index (Phi) is 4.01. The highest BCUT2D eigenvalue weighted by molar-refractivity contribution is 5.46. The summed E-state index contributed by atoms with van der Waals surface area (Å²) in [7, 11) is 1.69. The number of hydrogen-bond acceptors (Lipinski definition) is 2. The van der Waals surface area contributed by atoms with Crippen LogP contribution >= 0.6 is 0 Å². The average Bonchev–Trinajstić information content (AvgIpc) is 2.15. The Labute approximate surface area is 92.2 Å². The molecule has 0 saturated heterocycles. The van der Waals surface area contributed by atoms with Crippen molar-refractivity contribution < 1.29 is 9.47 Å². The number of benzene rings is 1. The van der Waals surface area contributed by atoms with E-state index in [1.807, 2.05) is 32.0 Å². The monoisotopic (exact) mass is 208 g/mol. The molecule has 1 rings (SSSR count). The SMILES string of the molecule is COc1cccc(OC(C)C)c1C(C)C. The van der Waals surface area contributed by atoms with E-state index in [1.54, 1.807) is 7.11 Å². The van der Waals surface area contributed by atoms with Crippen LogP contribution in [-0.2, 0) is 0 Å². The fraction of sp³-hybridized carbons (Fsp3) is 0.538. The minimum atomic E-state index is 0.189. The molecule has 1 aromatic carbocycles. The zero-order chi connectivity index (χ0) is 11.4. The molecule has 0 atom stereocenters. The van der Waals surface area contributed by atoms with Crippen LogP contribution in [0.5, 0.6) is 11.5 Å². The summed E-state index contributed by atoms with van der Waals surface area (Å²) >= 11 is 0. The Hall–Kier alpha value is -1.18. The van der Waals surface area contributed by atoms with Crippen LogP contribution in [-0.4, -0.2) is 13.2 Å². The highest BCUT2D eigenvalue weighted by atomic mass is 16.5. The van der Waals surface area contributed by atoms with E-state index in [0.29, 0.717) is 5.92 Å². The van der Waals surface area contributed by atoms with Crippen LogP contribution in [0.3, 0.4) is 0 Å². The van der Waals surface area contributed by atoms with Crippen LogP contribution in [0.25, 0.3) is 0 Å². The summed E-state index contributed by atoms with van der Waals surface area (Å²) in [5.74, 6) is 2.23. The lowest BCUT2D eigenvalue weighted by atomic mass is 10.0. The third kappa shape index (κ3) is 2.88. The molecule has 2 heteroatoms. The lowest BCUT2D eigenvalue weighted by molar-refractivity contribution is 0.237. The molecule has 0 unspecified atom stereocenters. The summed E-state index contributed by atoms with van der Waals surface area (Å²) in [6.07, 6.45) is 0.189. The van der Waals surface area contributed by atoms with E-state index >= 15 is 0 Å². The molecule has 0 N–H and O–H groups in total. The van der Waals surface area contributed by atoms with Gasteiger partial charge >= 0.3 is 0 Å². The average molecular weight is 208 g/mol. The van der Waals surface area contributed by atoms with Gasteiger partial charge in [0, 0.05) is 5.56 Å². The zero-order valence-electron chi connectivity index (χ0n) is 10.2. The number of methoxy groups -OCH3 is 1. The molecule has 15 heavy (non-hydrogen) atoms. The second kappa shape index (κ2) is 5.06. The predicted molar refractivity (Wildman–Crippen MR) is 62.8 cm³/mol. The first kappa shape index (κ1) is 11.9. The maximum atomic E-state index is 5.77. The molecular formula is C13H20O2. The molecule has 0 spiro atoms. The van der Waals surface area contributed by atoms with Crippen molar-refractivity contribution in [3.05, 3.63) is 23.8 Å². The van der Waals surface area contributed by atoms with Crippen molar-refractivity contribution in [3.63, 3.8) is 0 Å². The van der Waals surface area contributed by atoms with Crippen molar-refractivity contribution in [2.24, 2.45) is 0 Å². The van der Waals surface area contributed by atoms with Gasteiger partial charge < -0.3 is 9.47 Å². The van der Waals surface area contributed by atoms with E-state index in [4.69, 9.17) is 9.47 Å². The van der Waals surface area contributed by atoms with Crippen LogP contribution in [0, 0.1) is 0 Å². The third-order valence-electron chi connectivity index (χ3n) is 2.19. The highest BCUT2D eigenvalue weighted by Gasteiger charge is 2.14. The van der Waals surface area contributed by atoms with E-state index in [2.05, 4.69) is 13.8 Å². The minimum absolute atomic E-state index is 0.189. The maximum Gasteiger partial charge on any atom is 0.126 e. The Bertz CT molecular complexity index is 316. The van der Waals surface area contributed by atoms with Gasteiger partial charge in [0.1, 0.15) is 11.5 Å². The van der Waals surface area contributed by atoms with E-state index < -0.39 is 0 Å². The van der Waals surface area contributed by atoms with Gasteiger partial charge in [-0.2, -0.15) is 0 Å². The zero-order valence-corrected chi connectivity index (χ0v) is 10.2. The summed E-state index contributed by atoms with van der Waals surface area (Å²) in [6.45, 7) is 8.35. The van der Waals surface area contributed by atoms with E-state index in [9.17, 15) is 0 Å². The lowest BCUT2D eigenvalue weighted by Crippen LogP contribution is -2.08. The quantitative estimate of drug-likeness (QED) is 0.752. The first-order valence-corrected chi connectivity index (χ1v) is 5.39. The van der Waals surface area contributed by atoms with Gasteiger partial charge in [0.15, 0.2) is 0 Å². The first-order valence-electron chi connectivity index (χ1n) is 5.39. The molecule has 0 aliphatic heterocycles. The molecule has 0 heterocycles. The van der Waals surface area contributed by atoms with Crippen molar-refractivity contribution in [1.82, 2.24) is 0 Å². The third-order valence-corrected chi connectivity index (χ3v) is 2.19. The summed E-state index contributed by atoms with van der Waals surface area (Å²) in [5.41, 5.74) is 1.15. The molecule has 0 saturated carbocycles. The van der Waals surface area contributed by atoms with Gasteiger partial charge in [0.05, 0.1) is 13.2 Å². The Balaban J connectivity index is 3.13. The molecule has 2 nitrogen and oxygen atoms in total. The largest absolute Gasteiger partial charge is 0.496 e. The molecule has 0 aliphatic carbocycles. The van der Waals surface area contributed by atoms with E-state index in [-0.39, 0.29) is 6.10 Å². The van der Waals surface area contributed by atoms with Gasteiger partial charge in [0.2, 0.25) is 0 Å². The Morgan fingerprint density at radius 3 is 2.07 bits per heavy atom. The molecule has 0 amide bonds. The van der Waals surface area contributed by atoms with E-state index in [1.165, 1.54) is 0 Å². The van der Waals surface area contributed by atoms with Crippen LogP contribution < -0.4 is 9.47 Å². The second-order valence-corrected chi connectivity index (χ2v) is 4.19. The normalized spacial score (nSPS) is 10.9. The van der Waals surface area contributed by atoms with Gasteiger partial charge in [-0.15, -0.1) is 0 Å². The van der Waals surface area contributed by atoms with Gasteiger partial charge in [-0.25, -0.2) is 0 Å². The van der Waals surface area contributed by atoms with Crippen LogP contribution in [0.1, 0.15) is 39.2 Å². The van der Waals surface area contributed by atoms with Crippen molar-refractivity contribution in [2.45, 2.75) is 39.7 Å². The lowest BCUT2D eigenvalue weighted by Gasteiger charge is -2.19. The van der Waals surface area contributed by atoms with Gasteiger partial charge in [-0.3, -0.25) is 0 Å². The molecule has 0 fully saturated rings. The first-order chi connectivity index (χ1) is 7.06. The molecule has 0 radical (unpaired) electrons. The number of rotatable bonds is 4. The van der Waals surface area contributed by atoms with Gasteiger partial charge in [-0.1, -0.05) is 19.9 Å². The van der Waals surface area contributed by atoms with Crippen LogP contribution in [0.2, 0.25) is 0 Å². The fourth-order valence-electron chi connectivity index (χ4n) is 1.63. The summed E-state index contributed by atoms with van der Waals surface area (Å²) in [6, 6.07) is 5.93. The van der Waals surface area contributed by atoms with Crippen LogP contribution in [0.4, 0.5) is 0 Å².